The number of hydrogen-bond acceptors (Lipinski definition) is 3. The molecule has 0 saturated heterocycles. The van der Waals surface area contributed by atoms with Crippen molar-refractivity contribution in [2.24, 2.45) is 0 Å². The van der Waals surface area contributed by atoms with Crippen LogP contribution in [0.5, 0.6) is 0 Å². The van der Waals surface area contributed by atoms with Gasteiger partial charge in [-0.05, 0) is 49.3 Å². The normalized spacial score (nSPS) is 14.1. The molecule has 0 aliphatic heterocycles. The van der Waals surface area contributed by atoms with Crippen LogP contribution in [0.4, 0.5) is 0 Å². The van der Waals surface area contributed by atoms with Crippen LogP contribution in [0.1, 0.15) is 37.0 Å². The Bertz CT molecular complexity index is 527. The molecule has 16 heavy (non-hydrogen) atoms. The molecule has 1 aliphatic carbocycles. The number of fused-ring (bicyclic) bond motifs is 1. The number of rotatable bonds is 2. The Balaban J connectivity index is 1.98. The molecule has 0 unspecified atom stereocenters. The number of thiophene rings is 2. The fourth-order valence-corrected chi connectivity index (χ4v) is 4.10. The summed E-state index contributed by atoms with van der Waals surface area (Å²) in [5.74, 6) is 0.207. The van der Waals surface area contributed by atoms with Crippen LogP contribution in [0.15, 0.2) is 17.5 Å². The second-order valence-electron chi connectivity index (χ2n) is 4.13. The van der Waals surface area contributed by atoms with Gasteiger partial charge in [-0.25, -0.2) is 0 Å². The quantitative estimate of drug-likeness (QED) is 0.738. The highest BCUT2D eigenvalue weighted by molar-refractivity contribution is 7.14. The summed E-state index contributed by atoms with van der Waals surface area (Å²) in [6.45, 7) is 2.01. The van der Waals surface area contributed by atoms with E-state index in [2.05, 4.69) is 6.07 Å². The van der Waals surface area contributed by atoms with Crippen molar-refractivity contribution in [3.8, 4) is 0 Å². The zero-order valence-electron chi connectivity index (χ0n) is 9.08. The minimum absolute atomic E-state index is 0.207. The van der Waals surface area contributed by atoms with E-state index >= 15 is 0 Å². The SMILES string of the molecule is Cc1sccc1C(=O)c1cc2c(s1)CCC2. The van der Waals surface area contributed by atoms with Gasteiger partial charge in [-0.2, -0.15) is 0 Å². The van der Waals surface area contributed by atoms with E-state index in [4.69, 9.17) is 0 Å². The van der Waals surface area contributed by atoms with Gasteiger partial charge < -0.3 is 0 Å². The van der Waals surface area contributed by atoms with Crippen molar-refractivity contribution >= 4 is 28.5 Å². The Morgan fingerprint density at radius 1 is 1.38 bits per heavy atom. The molecule has 0 saturated carbocycles. The minimum Gasteiger partial charge on any atom is -0.288 e. The van der Waals surface area contributed by atoms with Crippen LogP contribution in [0.2, 0.25) is 0 Å². The molecule has 82 valence electrons. The summed E-state index contributed by atoms with van der Waals surface area (Å²) in [4.78, 5) is 15.7. The predicted molar refractivity (Wildman–Crippen MR) is 68.8 cm³/mol. The van der Waals surface area contributed by atoms with Crippen molar-refractivity contribution in [2.75, 3.05) is 0 Å². The average Bonchev–Trinajstić information content (AvgIpc) is 2.89. The van der Waals surface area contributed by atoms with Crippen LogP contribution in [-0.2, 0) is 12.8 Å². The summed E-state index contributed by atoms with van der Waals surface area (Å²) in [5.41, 5.74) is 2.28. The van der Waals surface area contributed by atoms with E-state index in [-0.39, 0.29) is 5.78 Å². The second kappa shape index (κ2) is 3.82. The fourth-order valence-electron chi connectivity index (χ4n) is 2.19. The van der Waals surface area contributed by atoms with Gasteiger partial charge in [0.05, 0.1) is 4.88 Å². The Kier molecular flexibility index (Phi) is 2.45. The Hall–Kier alpha value is -0.930. The van der Waals surface area contributed by atoms with E-state index in [1.165, 1.54) is 16.9 Å². The number of hydrogen-bond donors (Lipinski definition) is 0. The van der Waals surface area contributed by atoms with Gasteiger partial charge in [0, 0.05) is 15.3 Å². The summed E-state index contributed by atoms with van der Waals surface area (Å²) in [6.07, 6.45) is 3.57. The van der Waals surface area contributed by atoms with Crippen molar-refractivity contribution in [3.05, 3.63) is 43.3 Å². The van der Waals surface area contributed by atoms with Crippen LogP contribution in [0.25, 0.3) is 0 Å². The molecular weight excluding hydrogens is 236 g/mol. The molecule has 3 heteroatoms. The molecule has 2 aromatic heterocycles. The third-order valence-electron chi connectivity index (χ3n) is 3.07. The van der Waals surface area contributed by atoms with E-state index in [1.807, 2.05) is 18.4 Å². The van der Waals surface area contributed by atoms with Gasteiger partial charge in [0.1, 0.15) is 0 Å². The average molecular weight is 248 g/mol. The molecule has 0 radical (unpaired) electrons. The van der Waals surface area contributed by atoms with Crippen LogP contribution >= 0.6 is 22.7 Å². The molecule has 0 spiro atoms. The van der Waals surface area contributed by atoms with Gasteiger partial charge in [0.25, 0.3) is 0 Å². The standard InChI is InChI=1S/C13H12OS2/c1-8-10(5-6-15-8)13(14)12-7-9-3-2-4-11(9)16-12/h5-7H,2-4H2,1H3. The first-order chi connectivity index (χ1) is 7.75. The second-order valence-corrected chi connectivity index (χ2v) is 6.39. The number of ketones is 1. The highest BCUT2D eigenvalue weighted by Crippen LogP contribution is 2.32. The molecular formula is C13H12OS2. The molecule has 0 bridgehead atoms. The molecule has 0 N–H and O–H groups in total. The van der Waals surface area contributed by atoms with E-state index in [1.54, 1.807) is 22.7 Å². The molecule has 2 aromatic rings. The largest absolute Gasteiger partial charge is 0.288 e. The third-order valence-corrected chi connectivity index (χ3v) is 5.16. The third kappa shape index (κ3) is 1.55. The monoisotopic (exact) mass is 248 g/mol. The molecule has 3 rings (SSSR count). The van der Waals surface area contributed by atoms with E-state index < -0.39 is 0 Å². The molecule has 0 atom stereocenters. The van der Waals surface area contributed by atoms with Crippen LogP contribution in [0, 0.1) is 6.92 Å². The number of carbonyl (C=O) groups excluding carboxylic acids is 1. The topological polar surface area (TPSA) is 17.1 Å². The maximum Gasteiger partial charge on any atom is 0.204 e. The Morgan fingerprint density at radius 3 is 2.94 bits per heavy atom. The summed E-state index contributed by atoms with van der Waals surface area (Å²) < 4.78 is 0. The van der Waals surface area contributed by atoms with Gasteiger partial charge >= 0.3 is 0 Å². The lowest BCUT2D eigenvalue weighted by Crippen LogP contribution is -1.98. The van der Waals surface area contributed by atoms with E-state index in [0.29, 0.717) is 0 Å². The van der Waals surface area contributed by atoms with Gasteiger partial charge in [-0.1, -0.05) is 0 Å². The first kappa shape index (κ1) is 10.2. The lowest BCUT2D eigenvalue weighted by atomic mass is 10.1. The lowest BCUT2D eigenvalue weighted by Gasteiger charge is -1.96. The van der Waals surface area contributed by atoms with Crippen LogP contribution in [-0.4, -0.2) is 5.78 Å². The zero-order valence-corrected chi connectivity index (χ0v) is 10.7. The molecule has 1 nitrogen and oxygen atoms in total. The Labute approximate surface area is 103 Å². The smallest absolute Gasteiger partial charge is 0.204 e. The summed E-state index contributed by atoms with van der Waals surface area (Å²) >= 11 is 3.33. The van der Waals surface area contributed by atoms with Crippen molar-refractivity contribution in [1.29, 1.82) is 0 Å². The van der Waals surface area contributed by atoms with Gasteiger partial charge in [-0.3, -0.25) is 4.79 Å². The first-order valence-corrected chi connectivity index (χ1v) is 7.15. The van der Waals surface area contributed by atoms with Crippen molar-refractivity contribution in [3.63, 3.8) is 0 Å². The van der Waals surface area contributed by atoms with Gasteiger partial charge in [0.2, 0.25) is 5.78 Å². The van der Waals surface area contributed by atoms with Crippen LogP contribution in [0.3, 0.4) is 0 Å². The fraction of sp³-hybridized carbons (Fsp3) is 0.308. The number of aryl methyl sites for hydroxylation is 3. The predicted octanol–water partition coefficient (Wildman–Crippen LogP) is 3.84. The van der Waals surface area contributed by atoms with Crippen LogP contribution < -0.4 is 0 Å². The maximum absolute atomic E-state index is 12.3. The van der Waals surface area contributed by atoms with E-state index in [9.17, 15) is 4.79 Å². The van der Waals surface area contributed by atoms with E-state index in [0.717, 1.165) is 28.2 Å². The maximum atomic E-state index is 12.3. The number of carbonyl (C=O) groups is 1. The molecule has 2 heterocycles. The zero-order chi connectivity index (χ0) is 11.1. The Morgan fingerprint density at radius 2 is 2.25 bits per heavy atom. The minimum atomic E-state index is 0.207. The summed E-state index contributed by atoms with van der Waals surface area (Å²) in [5, 5.41) is 1.99. The summed E-state index contributed by atoms with van der Waals surface area (Å²) in [7, 11) is 0. The molecule has 1 aliphatic rings. The lowest BCUT2D eigenvalue weighted by molar-refractivity contribution is 0.104. The van der Waals surface area contributed by atoms with Crippen molar-refractivity contribution in [1.82, 2.24) is 0 Å². The van der Waals surface area contributed by atoms with Gasteiger partial charge in [0.15, 0.2) is 0 Å². The van der Waals surface area contributed by atoms with Gasteiger partial charge in [-0.15, -0.1) is 22.7 Å². The highest BCUT2D eigenvalue weighted by Gasteiger charge is 2.20. The highest BCUT2D eigenvalue weighted by atomic mass is 32.1. The first-order valence-electron chi connectivity index (χ1n) is 5.46. The molecule has 0 aromatic carbocycles. The van der Waals surface area contributed by atoms with Crippen molar-refractivity contribution < 1.29 is 4.79 Å². The molecule has 0 fully saturated rings. The molecule has 0 amide bonds. The summed E-state index contributed by atoms with van der Waals surface area (Å²) in [6, 6.07) is 4.04. The van der Waals surface area contributed by atoms with Crippen molar-refractivity contribution in [2.45, 2.75) is 26.2 Å².